The Labute approximate surface area is 292 Å². The van der Waals surface area contributed by atoms with Gasteiger partial charge in [0.15, 0.2) is 23.1 Å². The molecule has 10 rings (SSSR count). The molecule has 0 radical (unpaired) electrons. The number of aromatic nitrogens is 2. The Hall–Kier alpha value is -6.22. The molecule has 0 spiro atoms. The average Bonchev–Trinajstić information content (AvgIpc) is 3.80. The summed E-state index contributed by atoms with van der Waals surface area (Å²) in [6, 6.07) is 37.0. The van der Waals surface area contributed by atoms with Crippen molar-refractivity contribution in [3.05, 3.63) is 166 Å². The minimum atomic E-state index is -0.150. The minimum absolute atomic E-state index is 0.138. The number of fused-ring (bicyclic) bond motifs is 6. The monoisotopic (exact) mass is 680 g/mol. The van der Waals surface area contributed by atoms with Gasteiger partial charge in [-0.25, -0.2) is 9.97 Å². The highest BCUT2D eigenvalue weighted by Crippen LogP contribution is 2.39. The summed E-state index contributed by atoms with van der Waals surface area (Å²) in [7, 11) is 0. The first kappa shape index (κ1) is 28.8. The van der Waals surface area contributed by atoms with Gasteiger partial charge in [-0.3, -0.25) is 19.2 Å². The average molecular weight is 681 g/mol. The van der Waals surface area contributed by atoms with E-state index in [4.69, 9.17) is 9.97 Å². The van der Waals surface area contributed by atoms with Crippen LogP contribution in [0.4, 0.5) is 0 Å². The van der Waals surface area contributed by atoms with Crippen LogP contribution in [0.3, 0.4) is 0 Å². The first-order valence-electron chi connectivity index (χ1n) is 15.9. The van der Waals surface area contributed by atoms with Gasteiger partial charge in [0, 0.05) is 55.6 Å². The largest absolute Gasteiger partial charge is 0.289 e. The number of hydrogen-bond acceptors (Lipinski definition) is 8. The molecule has 2 heterocycles. The summed E-state index contributed by atoms with van der Waals surface area (Å²) in [5, 5.41) is 1.55. The summed E-state index contributed by atoms with van der Waals surface area (Å²) in [5.74, 6) is -0.576. The van der Waals surface area contributed by atoms with E-state index >= 15 is 0 Å². The Morgan fingerprint density at radius 2 is 0.680 bits per heavy atom. The molecule has 6 nitrogen and oxygen atoms in total. The number of hydrogen-bond donors (Lipinski definition) is 0. The van der Waals surface area contributed by atoms with Crippen LogP contribution in [-0.4, -0.2) is 33.1 Å². The van der Waals surface area contributed by atoms with Crippen molar-refractivity contribution in [3.8, 4) is 32.3 Å². The van der Waals surface area contributed by atoms with Gasteiger partial charge in [-0.05, 0) is 59.7 Å². The van der Waals surface area contributed by atoms with E-state index in [2.05, 4.69) is 12.1 Å². The van der Waals surface area contributed by atoms with E-state index in [1.165, 1.54) is 0 Å². The van der Waals surface area contributed by atoms with Crippen molar-refractivity contribution >= 4 is 66.2 Å². The maximum Gasteiger partial charge on any atom is 0.194 e. The fourth-order valence-corrected chi connectivity index (χ4v) is 8.92. The predicted molar refractivity (Wildman–Crippen MR) is 196 cm³/mol. The van der Waals surface area contributed by atoms with Crippen molar-refractivity contribution in [1.29, 1.82) is 0 Å². The lowest BCUT2D eigenvalue weighted by Gasteiger charge is -2.17. The molecule has 0 bridgehead atoms. The molecule has 0 atom stereocenters. The smallest absolute Gasteiger partial charge is 0.194 e. The highest BCUT2D eigenvalue weighted by Gasteiger charge is 2.31. The maximum atomic E-state index is 13.3. The van der Waals surface area contributed by atoms with Gasteiger partial charge in [0.25, 0.3) is 0 Å². The van der Waals surface area contributed by atoms with Crippen LogP contribution in [0, 0.1) is 0 Å². The third-order valence-corrected chi connectivity index (χ3v) is 11.6. The van der Waals surface area contributed by atoms with Crippen molar-refractivity contribution in [3.63, 3.8) is 0 Å². The maximum absolute atomic E-state index is 13.3. The summed E-state index contributed by atoms with van der Waals surface area (Å²) in [4.78, 5) is 62.5. The van der Waals surface area contributed by atoms with Gasteiger partial charge in [0.2, 0.25) is 0 Å². The number of carbonyl (C=O) groups excluding carboxylic acids is 4. The molecule has 0 saturated heterocycles. The van der Waals surface area contributed by atoms with E-state index in [1.54, 1.807) is 95.5 Å². The molecule has 2 aliphatic carbocycles. The molecular weight excluding hydrogens is 661 g/mol. The van der Waals surface area contributed by atoms with E-state index in [1.807, 2.05) is 36.4 Å². The van der Waals surface area contributed by atoms with E-state index in [0.29, 0.717) is 44.5 Å². The third-order valence-electron chi connectivity index (χ3n) is 9.45. The van der Waals surface area contributed by atoms with Crippen molar-refractivity contribution in [2.24, 2.45) is 0 Å². The number of nitrogens with zero attached hydrogens (tertiary/aromatic N) is 2. The second-order valence-corrected chi connectivity index (χ2v) is 14.4. The Morgan fingerprint density at radius 1 is 0.340 bits per heavy atom. The molecule has 0 saturated carbocycles. The van der Waals surface area contributed by atoms with Crippen LogP contribution in [0.2, 0.25) is 0 Å². The number of carbonyl (C=O) groups is 4. The van der Waals surface area contributed by atoms with Crippen LogP contribution in [0.25, 0.3) is 52.7 Å². The van der Waals surface area contributed by atoms with Gasteiger partial charge in [0.1, 0.15) is 10.0 Å². The topological polar surface area (TPSA) is 94.1 Å². The molecule has 0 unspecified atom stereocenters. The van der Waals surface area contributed by atoms with Gasteiger partial charge in [-0.1, -0.05) is 72.8 Å². The first-order valence-corrected chi connectivity index (χ1v) is 17.5. The van der Waals surface area contributed by atoms with Crippen LogP contribution in [0.15, 0.2) is 121 Å². The minimum Gasteiger partial charge on any atom is -0.289 e. The number of thiazole rings is 2. The van der Waals surface area contributed by atoms with E-state index in [-0.39, 0.29) is 23.1 Å². The molecule has 234 valence electrons. The van der Waals surface area contributed by atoms with Crippen LogP contribution in [0.1, 0.15) is 63.7 Å². The second-order valence-electron chi connectivity index (χ2n) is 12.3. The van der Waals surface area contributed by atoms with Crippen molar-refractivity contribution in [2.45, 2.75) is 0 Å². The predicted octanol–water partition coefficient (Wildman–Crippen LogP) is 9.46. The van der Waals surface area contributed by atoms with Gasteiger partial charge in [0.05, 0.1) is 20.4 Å². The summed E-state index contributed by atoms with van der Waals surface area (Å²) < 4.78 is 2.01. The summed E-state index contributed by atoms with van der Waals surface area (Å²) in [6.45, 7) is 0. The van der Waals surface area contributed by atoms with Crippen LogP contribution in [0.5, 0.6) is 0 Å². The number of benzene rings is 6. The standard InChI is InChI=1S/C42H20N2O4S2/c45-37-25-5-1-3-7-27(25)39(47)31-17-23(9-13-29(31)37)41-43-33-15-11-21(19-35(33)49-41)22-12-16-34-36(20-22)50-42(44-34)24-10-14-30-32(18-24)40(48)28-8-4-2-6-26(28)38(30)46/h1-20H. The molecule has 0 aliphatic heterocycles. The summed E-state index contributed by atoms with van der Waals surface area (Å²) >= 11 is 3.08. The van der Waals surface area contributed by atoms with Gasteiger partial charge >= 0.3 is 0 Å². The molecule has 2 aliphatic rings. The zero-order valence-corrected chi connectivity index (χ0v) is 27.5. The first-order chi connectivity index (χ1) is 24.4. The van der Waals surface area contributed by atoms with Gasteiger partial charge in [-0.15, -0.1) is 22.7 Å². The van der Waals surface area contributed by atoms with Crippen LogP contribution < -0.4 is 0 Å². The Kier molecular flexibility index (Phi) is 6.12. The molecule has 0 N–H and O–H groups in total. The fraction of sp³-hybridized carbons (Fsp3) is 0. The molecule has 0 fully saturated rings. The highest BCUT2D eigenvalue weighted by atomic mass is 32.1. The van der Waals surface area contributed by atoms with Crippen LogP contribution >= 0.6 is 22.7 Å². The number of rotatable bonds is 3. The molecular formula is C42H20N2O4S2. The Morgan fingerprint density at radius 3 is 1.08 bits per heavy atom. The summed E-state index contributed by atoms with van der Waals surface area (Å²) in [5.41, 5.74) is 8.75. The molecule has 8 aromatic rings. The SMILES string of the molecule is O=C1c2ccccc2C(=O)c2cc(-c3nc4ccc(-c5ccc6nc(-c7ccc8c(c7)C(=O)c7ccccc7C8=O)sc6c5)cc4s3)ccc21. The second kappa shape index (κ2) is 10.6. The summed E-state index contributed by atoms with van der Waals surface area (Å²) in [6.07, 6.45) is 0. The van der Waals surface area contributed by atoms with Crippen molar-refractivity contribution in [2.75, 3.05) is 0 Å². The number of ketones is 4. The molecule has 6 aromatic carbocycles. The highest BCUT2D eigenvalue weighted by molar-refractivity contribution is 7.22. The molecule has 8 heteroatoms. The normalized spacial score (nSPS) is 13.4. The Balaban J connectivity index is 0.967. The zero-order valence-electron chi connectivity index (χ0n) is 25.9. The van der Waals surface area contributed by atoms with Gasteiger partial charge in [-0.2, -0.15) is 0 Å². The lowest BCUT2D eigenvalue weighted by atomic mass is 9.83. The van der Waals surface area contributed by atoms with E-state index in [0.717, 1.165) is 52.7 Å². The molecule has 50 heavy (non-hydrogen) atoms. The van der Waals surface area contributed by atoms with Crippen molar-refractivity contribution in [1.82, 2.24) is 9.97 Å². The molecule has 0 amide bonds. The molecule has 2 aromatic heterocycles. The Bertz CT molecular complexity index is 2670. The van der Waals surface area contributed by atoms with Crippen molar-refractivity contribution < 1.29 is 19.2 Å². The third kappa shape index (κ3) is 4.26. The lowest BCUT2D eigenvalue weighted by molar-refractivity contribution is 0.0979. The zero-order chi connectivity index (χ0) is 33.7. The van der Waals surface area contributed by atoms with E-state index < -0.39 is 0 Å². The van der Waals surface area contributed by atoms with Gasteiger partial charge < -0.3 is 0 Å². The quantitative estimate of drug-likeness (QED) is 0.185. The van der Waals surface area contributed by atoms with Crippen LogP contribution in [-0.2, 0) is 0 Å². The fourth-order valence-electron chi connectivity index (χ4n) is 6.92. The lowest BCUT2D eigenvalue weighted by Crippen LogP contribution is -2.20. The van der Waals surface area contributed by atoms with E-state index in [9.17, 15) is 19.2 Å².